The molecule has 0 aromatic carbocycles. The van der Waals surface area contributed by atoms with Crippen LogP contribution in [-0.4, -0.2) is 57.6 Å². The molecule has 0 spiro atoms. The van der Waals surface area contributed by atoms with E-state index in [1.54, 1.807) is 26.8 Å². The Morgan fingerprint density at radius 1 is 1.46 bits per heavy atom. The molecule has 0 bridgehead atoms. The van der Waals surface area contributed by atoms with Gasteiger partial charge in [0.1, 0.15) is 5.60 Å². The van der Waals surface area contributed by atoms with E-state index in [1.165, 1.54) is 11.1 Å². The van der Waals surface area contributed by atoms with Crippen LogP contribution in [0.2, 0.25) is 5.02 Å². The van der Waals surface area contributed by atoms with E-state index in [2.05, 4.69) is 4.98 Å². The number of rotatable bonds is 4. The fraction of sp³-hybridized carbons (Fsp3) is 0.667. The summed E-state index contributed by atoms with van der Waals surface area (Å²) >= 11 is 6.21. The molecule has 1 saturated heterocycles. The first-order chi connectivity index (χ1) is 12.0. The number of likely N-dealkylation sites (tertiary alicyclic amines) is 1. The molecule has 6 nitrogen and oxygen atoms in total. The summed E-state index contributed by atoms with van der Waals surface area (Å²) in [6.45, 7) is 5.42. The summed E-state index contributed by atoms with van der Waals surface area (Å²) in [6.07, 6.45) is 0.452. The Morgan fingerprint density at radius 2 is 2.08 bits per heavy atom. The number of aliphatic hydroxyl groups is 2. The summed E-state index contributed by atoms with van der Waals surface area (Å²) in [5, 5.41) is 18.6. The number of amides is 1. The fourth-order valence-corrected chi connectivity index (χ4v) is 3.22. The zero-order valence-electron chi connectivity index (χ0n) is 15.3. The number of aromatic nitrogens is 1. The summed E-state index contributed by atoms with van der Waals surface area (Å²) in [7, 11) is 0. The monoisotopic (exact) mass is 388 g/mol. The third kappa shape index (κ3) is 5.28. The maximum atomic E-state index is 15.4. The number of hydrogen-bond acceptors (Lipinski definition) is 5. The second-order valence-electron chi connectivity index (χ2n) is 7.65. The van der Waals surface area contributed by atoms with E-state index < -0.39 is 23.5 Å². The van der Waals surface area contributed by atoms with Crippen molar-refractivity contribution in [3.63, 3.8) is 0 Å². The van der Waals surface area contributed by atoms with E-state index in [-0.39, 0.29) is 49.7 Å². The van der Waals surface area contributed by atoms with Crippen LogP contribution >= 0.6 is 11.6 Å². The van der Waals surface area contributed by atoms with Gasteiger partial charge in [0, 0.05) is 38.5 Å². The molecule has 1 unspecified atom stereocenters. The minimum atomic E-state index is -1.72. The average molecular weight is 389 g/mol. The smallest absolute Gasteiger partial charge is 0.410 e. The van der Waals surface area contributed by atoms with Gasteiger partial charge in [0.2, 0.25) is 0 Å². The molecule has 1 amide bonds. The number of aliphatic hydroxyl groups excluding tert-OH is 2. The summed E-state index contributed by atoms with van der Waals surface area (Å²) in [4.78, 5) is 17.7. The topological polar surface area (TPSA) is 82.9 Å². The second kappa shape index (κ2) is 8.06. The molecule has 26 heavy (non-hydrogen) atoms. The summed E-state index contributed by atoms with van der Waals surface area (Å²) in [5.41, 5.74) is -1.55. The fourth-order valence-electron chi connectivity index (χ4n) is 2.86. The Balaban J connectivity index is 2.05. The third-order valence-electron chi connectivity index (χ3n) is 4.21. The molecule has 0 radical (unpaired) electrons. The predicted octanol–water partition coefficient (Wildman–Crippen LogP) is 2.83. The highest BCUT2D eigenvalue weighted by Crippen LogP contribution is 2.39. The van der Waals surface area contributed by atoms with Gasteiger partial charge in [0.15, 0.2) is 5.67 Å². The molecule has 1 aromatic rings. The minimum absolute atomic E-state index is 0.0809. The summed E-state index contributed by atoms with van der Waals surface area (Å²) < 4.78 is 20.7. The third-order valence-corrected chi connectivity index (χ3v) is 4.50. The van der Waals surface area contributed by atoms with Crippen molar-refractivity contribution in [3.8, 4) is 0 Å². The van der Waals surface area contributed by atoms with E-state index in [9.17, 15) is 9.90 Å². The number of alkyl halides is 1. The van der Waals surface area contributed by atoms with Crippen molar-refractivity contribution in [2.24, 2.45) is 0 Å². The Kier molecular flexibility index (Phi) is 6.47. The lowest BCUT2D eigenvalue weighted by atomic mass is 9.89. The number of piperidine rings is 1. The molecular formula is C18H26ClFN2O4. The zero-order valence-corrected chi connectivity index (χ0v) is 16.1. The van der Waals surface area contributed by atoms with Gasteiger partial charge in [-0.05, 0) is 32.4 Å². The van der Waals surface area contributed by atoms with Crippen molar-refractivity contribution >= 4 is 17.7 Å². The second-order valence-corrected chi connectivity index (χ2v) is 8.05. The highest BCUT2D eigenvalue weighted by atomic mass is 35.5. The molecule has 1 fully saturated rings. The first kappa shape index (κ1) is 20.9. The molecule has 1 aromatic heterocycles. The van der Waals surface area contributed by atoms with Crippen LogP contribution < -0.4 is 0 Å². The first-order valence-electron chi connectivity index (χ1n) is 8.65. The molecule has 146 valence electrons. The maximum absolute atomic E-state index is 15.4. The van der Waals surface area contributed by atoms with E-state index in [1.807, 2.05) is 0 Å². The van der Waals surface area contributed by atoms with Crippen LogP contribution in [0.25, 0.3) is 0 Å². The molecule has 2 heterocycles. The SMILES string of the molecule is CC(C)(C)OC(=O)N1CCC(F)(c2ncc(CC(O)CO)cc2Cl)CC1. The normalized spacial score (nSPS) is 18.5. The van der Waals surface area contributed by atoms with Crippen LogP contribution in [0.3, 0.4) is 0 Å². The quantitative estimate of drug-likeness (QED) is 0.828. The van der Waals surface area contributed by atoms with Gasteiger partial charge < -0.3 is 19.8 Å². The minimum Gasteiger partial charge on any atom is -0.444 e. The van der Waals surface area contributed by atoms with Gasteiger partial charge in [-0.3, -0.25) is 4.98 Å². The number of carbonyl (C=O) groups excluding carboxylic acids is 1. The van der Waals surface area contributed by atoms with Crippen molar-refractivity contribution in [2.75, 3.05) is 19.7 Å². The van der Waals surface area contributed by atoms with Crippen LogP contribution in [0.1, 0.15) is 44.9 Å². The Bertz CT molecular complexity index is 643. The van der Waals surface area contributed by atoms with Crippen LogP contribution in [0, 0.1) is 0 Å². The summed E-state index contributed by atoms with van der Waals surface area (Å²) in [5.74, 6) is 0. The Morgan fingerprint density at radius 3 is 2.58 bits per heavy atom. The van der Waals surface area contributed by atoms with Crippen LogP contribution in [0.15, 0.2) is 12.3 Å². The van der Waals surface area contributed by atoms with Gasteiger partial charge in [0.25, 0.3) is 0 Å². The van der Waals surface area contributed by atoms with Gasteiger partial charge in [0.05, 0.1) is 23.4 Å². The van der Waals surface area contributed by atoms with E-state index in [4.69, 9.17) is 21.4 Å². The molecule has 2 N–H and O–H groups in total. The van der Waals surface area contributed by atoms with Gasteiger partial charge in [-0.25, -0.2) is 9.18 Å². The molecule has 2 rings (SSSR count). The molecule has 1 atom stereocenters. The van der Waals surface area contributed by atoms with Crippen molar-refractivity contribution in [1.82, 2.24) is 9.88 Å². The van der Waals surface area contributed by atoms with Crippen LogP contribution in [0.4, 0.5) is 9.18 Å². The number of hydrogen-bond donors (Lipinski definition) is 2. The van der Waals surface area contributed by atoms with Crippen molar-refractivity contribution in [1.29, 1.82) is 0 Å². The van der Waals surface area contributed by atoms with E-state index in [0.717, 1.165) is 0 Å². The molecule has 0 saturated carbocycles. The molecule has 0 aliphatic carbocycles. The molecular weight excluding hydrogens is 363 g/mol. The number of nitrogens with zero attached hydrogens (tertiary/aromatic N) is 2. The van der Waals surface area contributed by atoms with Gasteiger partial charge >= 0.3 is 6.09 Å². The Hall–Kier alpha value is -1.44. The molecule has 1 aliphatic rings. The lowest BCUT2D eigenvalue weighted by molar-refractivity contribution is 0.00129. The maximum Gasteiger partial charge on any atom is 0.410 e. The van der Waals surface area contributed by atoms with Gasteiger partial charge in [-0.1, -0.05) is 11.6 Å². The van der Waals surface area contributed by atoms with Crippen molar-refractivity contribution in [3.05, 3.63) is 28.5 Å². The highest BCUT2D eigenvalue weighted by Gasteiger charge is 2.41. The van der Waals surface area contributed by atoms with Crippen LogP contribution in [-0.2, 0) is 16.8 Å². The van der Waals surface area contributed by atoms with E-state index >= 15 is 4.39 Å². The van der Waals surface area contributed by atoms with Crippen molar-refractivity contribution in [2.45, 2.75) is 57.4 Å². The number of ether oxygens (including phenoxy) is 1. The number of carbonyl (C=O) groups is 1. The predicted molar refractivity (Wildman–Crippen MR) is 95.9 cm³/mol. The van der Waals surface area contributed by atoms with E-state index in [0.29, 0.717) is 5.56 Å². The lowest BCUT2D eigenvalue weighted by Gasteiger charge is -2.37. The van der Waals surface area contributed by atoms with Crippen molar-refractivity contribution < 1.29 is 24.1 Å². The van der Waals surface area contributed by atoms with Crippen LogP contribution in [0.5, 0.6) is 0 Å². The lowest BCUT2D eigenvalue weighted by Crippen LogP contribution is -2.45. The standard InChI is InChI=1S/C18H26ClFN2O4/c1-17(2,3)26-16(25)22-6-4-18(20,5-7-22)15-14(19)9-12(10-21-15)8-13(24)11-23/h9-10,13,23-24H,4-8,11H2,1-3H3. The molecule has 8 heteroatoms. The average Bonchev–Trinajstić information content (AvgIpc) is 2.53. The number of halogens is 2. The first-order valence-corrected chi connectivity index (χ1v) is 9.02. The zero-order chi connectivity index (χ0) is 19.5. The summed E-state index contributed by atoms with van der Waals surface area (Å²) in [6, 6.07) is 1.56. The number of pyridine rings is 1. The Labute approximate surface area is 157 Å². The highest BCUT2D eigenvalue weighted by molar-refractivity contribution is 6.31. The largest absolute Gasteiger partial charge is 0.444 e. The van der Waals surface area contributed by atoms with Gasteiger partial charge in [-0.2, -0.15) is 0 Å². The van der Waals surface area contributed by atoms with Gasteiger partial charge in [-0.15, -0.1) is 0 Å². The molecule has 1 aliphatic heterocycles.